The molecule has 1 aliphatic rings. The number of benzene rings is 1. The fourth-order valence-electron chi connectivity index (χ4n) is 2.38. The minimum absolute atomic E-state index is 0.0259. The monoisotopic (exact) mass is 346 g/mol. The van der Waals surface area contributed by atoms with Crippen molar-refractivity contribution < 1.29 is 14.1 Å². The standard InChI is InChI=1S/C13H16BrFN2O3/c1-13(2)7-8(3-4-20-13)16-11-6-10(15)9(14)5-12(11)17(18)19/h5-6,8,16H,3-4,7H2,1-2H3. The van der Waals surface area contributed by atoms with Gasteiger partial charge in [0.15, 0.2) is 0 Å². The molecule has 0 bridgehead atoms. The summed E-state index contributed by atoms with van der Waals surface area (Å²) < 4.78 is 19.3. The van der Waals surface area contributed by atoms with Crippen molar-refractivity contribution in [2.45, 2.75) is 38.3 Å². The lowest BCUT2D eigenvalue weighted by atomic mass is 9.93. The fourth-order valence-corrected chi connectivity index (χ4v) is 2.71. The number of anilines is 1. The lowest BCUT2D eigenvalue weighted by Gasteiger charge is -2.36. The molecule has 1 aliphatic heterocycles. The highest BCUT2D eigenvalue weighted by molar-refractivity contribution is 9.10. The molecule has 5 nitrogen and oxygen atoms in total. The molecule has 1 N–H and O–H groups in total. The molecular formula is C13H16BrFN2O3. The number of ether oxygens (including phenoxy) is 1. The molecule has 0 aliphatic carbocycles. The van der Waals surface area contributed by atoms with E-state index in [0.717, 1.165) is 12.5 Å². The zero-order valence-corrected chi connectivity index (χ0v) is 12.9. The number of halogens is 2. The van der Waals surface area contributed by atoms with E-state index in [0.29, 0.717) is 13.0 Å². The number of nitrogens with zero attached hydrogens (tertiary/aromatic N) is 1. The molecule has 0 aromatic heterocycles. The number of nitro benzene ring substituents is 1. The van der Waals surface area contributed by atoms with Gasteiger partial charge in [-0.15, -0.1) is 0 Å². The molecule has 1 unspecified atom stereocenters. The second-order valence-corrected chi connectivity index (χ2v) is 6.34. The summed E-state index contributed by atoms with van der Waals surface area (Å²) in [6.07, 6.45) is 1.44. The van der Waals surface area contributed by atoms with E-state index in [4.69, 9.17) is 4.74 Å². The molecule has 20 heavy (non-hydrogen) atoms. The Labute approximate surface area is 124 Å². The number of hydrogen-bond donors (Lipinski definition) is 1. The Hall–Kier alpha value is -1.21. The number of nitrogens with one attached hydrogen (secondary N) is 1. The molecule has 1 aromatic rings. The van der Waals surface area contributed by atoms with Gasteiger partial charge in [0, 0.05) is 24.8 Å². The maximum absolute atomic E-state index is 13.6. The first kappa shape index (κ1) is 15.2. The summed E-state index contributed by atoms with van der Waals surface area (Å²) in [6, 6.07) is 2.37. The maximum Gasteiger partial charge on any atom is 0.293 e. The van der Waals surface area contributed by atoms with Crippen LogP contribution in [-0.2, 0) is 4.74 Å². The van der Waals surface area contributed by atoms with Gasteiger partial charge in [0.2, 0.25) is 0 Å². The third kappa shape index (κ3) is 3.46. The Bertz CT molecular complexity index is 537. The normalized spacial score (nSPS) is 21.5. The molecule has 0 spiro atoms. The molecule has 0 amide bonds. The van der Waals surface area contributed by atoms with Gasteiger partial charge in [-0.3, -0.25) is 10.1 Å². The Morgan fingerprint density at radius 3 is 2.85 bits per heavy atom. The molecule has 1 atom stereocenters. The van der Waals surface area contributed by atoms with E-state index in [1.807, 2.05) is 13.8 Å². The van der Waals surface area contributed by atoms with Gasteiger partial charge in [-0.25, -0.2) is 4.39 Å². The van der Waals surface area contributed by atoms with Crippen LogP contribution >= 0.6 is 15.9 Å². The summed E-state index contributed by atoms with van der Waals surface area (Å²) in [5, 5.41) is 14.1. The Morgan fingerprint density at radius 1 is 1.55 bits per heavy atom. The molecule has 110 valence electrons. The van der Waals surface area contributed by atoms with Gasteiger partial charge in [-0.2, -0.15) is 0 Å². The Kier molecular flexibility index (Phi) is 4.29. The van der Waals surface area contributed by atoms with Crippen molar-refractivity contribution in [1.29, 1.82) is 0 Å². The van der Waals surface area contributed by atoms with Gasteiger partial charge < -0.3 is 10.1 Å². The predicted molar refractivity (Wildman–Crippen MR) is 77.4 cm³/mol. The van der Waals surface area contributed by atoms with Crippen molar-refractivity contribution in [3.05, 3.63) is 32.5 Å². The summed E-state index contributed by atoms with van der Waals surface area (Å²) >= 11 is 2.96. The van der Waals surface area contributed by atoms with Crippen LogP contribution in [0.1, 0.15) is 26.7 Å². The number of rotatable bonds is 3. The van der Waals surface area contributed by atoms with Gasteiger partial charge >= 0.3 is 0 Å². The predicted octanol–water partition coefficient (Wildman–Crippen LogP) is 3.87. The second-order valence-electron chi connectivity index (χ2n) is 5.48. The molecule has 1 saturated heterocycles. The Balaban J connectivity index is 2.24. The molecule has 1 aromatic carbocycles. The van der Waals surface area contributed by atoms with Crippen LogP contribution in [0.15, 0.2) is 16.6 Å². The van der Waals surface area contributed by atoms with Gasteiger partial charge in [-0.05, 0) is 42.6 Å². The van der Waals surface area contributed by atoms with Crippen LogP contribution < -0.4 is 5.32 Å². The SMILES string of the molecule is CC1(C)CC(Nc2cc(F)c(Br)cc2[N+](=O)[O-])CCO1. The highest BCUT2D eigenvalue weighted by atomic mass is 79.9. The molecule has 1 fully saturated rings. The summed E-state index contributed by atoms with van der Waals surface area (Å²) in [7, 11) is 0. The van der Waals surface area contributed by atoms with Crippen LogP contribution in [0.3, 0.4) is 0 Å². The topological polar surface area (TPSA) is 64.4 Å². The summed E-state index contributed by atoms with van der Waals surface area (Å²) in [6.45, 7) is 4.52. The summed E-state index contributed by atoms with van der Waals surface area (Å²) in [5.41, 5.74) is -0.209. The number of nitro groups is 1. The molecule has 0 saturated carbocycles. The minimum Gasteiger partial charge on any atom is -0.376 e. The van der Waals surface area contributed by atoms with Crippen LogP contribution in [0.2, 0.25) is 0 Å². The van der Waals surface area contributed by atoms with Gasteiger partial charge in [0.25, 0.3) is 5.69 Å². The van der Waals surface area contributed by atoms with E-state index >= 15 is 0 Å². The first-order valence-corrected chi connectivity index (χ1v) is 7.12. The highest BCUT2D eigenvalue weighted by Gasteiger charge is 2.30. The number of hydrogen-bond acceptors (Lipinski definition) is 4. The van der Waals surface area contributed by atoms with E-state index in [1.54, 1.807) is 0 Å². The lowest BCUT2D eigenvalue weighted by molar-refractivity contribution is -0.384. The smallest absolute Gasteiger partial charge is 0.293 e. The van der Waals surface area contributed by atoms with Crippen molar-refractivity contribution in [3.63, 3.8) is 0 Å². The average molecular weight is 347 g/mol. The average Bonchev–Trinajstić information content (AvgIpc) is 2.32. The summed E-state index contributed by atoms with van der Waals surface area (Å²) in [5.74, 6) is -0.524. The van der Waals surface area contributed by atoms with Crippen LogP contribution in [0.4, 0.5) is 15.8 Å². The van der Waals surface area contributed by atoms with Crippen molar-refractivity contribution in [3.8, 4) is 0 Å². The van der Waals surface area contributed by atoms with Crippen molar-refractivity contribution in [1.82, 2.24) is 0 Å². The van der Waals surface area contributed by atoms with Crippen molar-refractivity contribution in [2.75, 3.05) is 11.9 Å². The molecule has 1 heterocycles. The van der Waals surface area contributed by atoms with Crippen LogP contribution in [0, 0.1) is 15.9 Å². The highest BCUT2D eigenvalue weighted by Crippen LogP contribution is 2.33. The molecule has 7 heteroatoms. The zero-order valence-electron chi connectivity index (χ0n) is 11.3. The van der Waals surface area contributed by atoms with E-state index in [-0.39, 0.29) is 27.5 Å². The third-order valence-corrected chi connectivity index (χ3v) is 3.90. The van der Waals surface area contributed by atoms with Gasteiger partial charge in [0.1, 0.15) is 11.5 Å². The van der Waals surface area contributed by atoms with Crippen molar-refractivity contribution in [2.24, 2.45) is 0 Å². The van der Waals surface area contributed by atoms with E-state index < -0.39 is 10.7 Å². The second kappa shape index (κ2) is 5.65. The largest absolute Gasteiger partial charge is 0.376 e. The van der Waals surface area contributed by atoms with Crippen LogP contribution in [0.25, 0.3) is 0 Å². The van der Waals surface area contributed by atoms with Crippen molar-refractivity contribution >= 4 is 27.3 Å². The van der Waals surface area contributed by atoms with E-state index in [2.05, 4.69) is 21.2 Å². The first-order valence-electron chi connectivity index (χ1n) is 6.32. The zero-order chi connectivity index (χ0) is 14.9. The van der Waals surface area contributed by atoms with Gasteiger partial charge in [0.05, 0.1) is 15.0 Å². The first-order chi connectivity index (χ1) is 9.28. The fraction of sp³-hybridized carbons (Fsp3) is 0.538. The summed E-state index contributed by atoms with van der Waals surface area (Å²) in [4.78, 5) is 10.5. The molecule has 0 radical (unpaired) electrons. The maximum atomic E-state index is 13.6. The third-order valence-electron chi connectivity index (χ3n) is 3.29. The van der Waals surface area contributed by atoms with Crippen LogP contribution in [0.5, 0.6) is 0 Å². The lowest BCUT2D eigenvalue weighted by Crippen LogP contribution is -2.40. The van der Waals surface area contributed by atoms with Crippen LogP contribution in [-0.4, -0.2) is 23.2 Å². The van der Waals surface area contributed by atoms with E-state index in [9.17, 15) is 14.5 Å². The molecular weight excluding hydrogens is 331 g/mol. The quantitative estimate of drug-likeness (QED) is 0.666. The minimum atomic E-state index is -0.524. The molecule has 2 rings (SSSR count). The Morgan fingerprint density at radius 2 is 2.25 bits per heavy atom. The van der Waals surface area contributed by atoms with E-state index in [1.165, 1.54) is 6.07 Å². The van der Waals surface area contributed by atoms with Gasteiger partial charge in [-0.1, -0.05) is 0 Å².